The van der Waals surface area contributed by atoms with Crippen LogP contribution in [-0.4, -0.2) is 15.5 Å². The molecule has 0 saturated heterocycles. The molecule has 0 atom stereocenters. The minimum absolute atomic E-state index is 0.0979. The number of benzene rings is 8. The molecule has 0 aliphatic carbocycles. The van der Waals surface area contributed by atoms with E-state index in [1.165, 1.54) is 11.1 Å². The summed E-state index contributed by atoms with van der Waals surface area (Å²) in [5, 5.41) is 0. The second-order valence-corrected chi connectivity index (χ2v) is 20.2. The van der Waals surface area contributed by atoms with Gasteiger partial charge in [0.05, 0.1) is 12.0 Å². The molecule has 0 bridgehead atoms. The Bertz CT molecular complexity index is 2560. The van der Waals surface area contributed by atoms with Gasteiger partial charge in [0.15, 0.2) is 0 Å². The fourth-order valence-electron chi connectivity index (χ4n) is 6.53. The topological polar surface area (TPSA) is 52.6 Å². The molecule has 0 N–H and O–H groups in total. The fraction of sp³-hybridized carbons (Fsp3) is 0.0400. The van der Waals surface area contributed by atoms with E-state index in [-0.39, 0.29) is 4.90 Å². The first-order valence-electron chi connectivity index (χ1n) is 18.7. The minimum Gasteiger partial charge on any atom is -0.497 e. The van der Waals surface area contributed by atoms with Gasteiger partial charge in [0.25, 0.3) is 0 Å². The molecule has 0 radical (unpaired) electrons. The van der Waals surface area contributed by atoms with E-state index in [1.54, 1.807) is 54.9 Å². The van der Waals surface area contributed by atoms with E-state index in [4.69, 9.17) is 8.37 Å². The van der Waals surface area contributed by atoms with Crippen molar-refractivity contribution in [2.75, 3.05) is 7.11 Å². The van der Waals surface area contributed by atoms with Gasteiger partial charge >= 0.3 is 10.1 Å². The Hall–Kier alpha value is -5.48. The van der Waals surface area contributed by atoms with Crippen molar-refractivity contribution in [1.82, 2.24) is 0 Å². The normalized spacial score (nSPS) is 11.9. The van der Waals surface area contributed by atoms with Crippen LogP contribution in [0.2, 0.25) is 0 Å². The van der Waals surface area contributed by atoms with E-state index in [0.29, 0.717) is 5.75 Å². The summed E-state index contributed by atoms with van der Waals surface area (Å²) in [5.74, 6) is 0.661. The highest BCUT2D eigenvalue weighted by Crippen LogP contribution is 2.70. The SMILES string of the molecule is COc1ccc(S(OS(=O)(=O)c2ccc(C)cc2)(c2ccc(Sc3ccc(-c4ccccc4)cc3)cc2)c2ccc(Sc3ccc(-c4ccccc4)cc3)cc2)cc1. The van der Waals surface area contributed by atoms with Crippen molar-refractivity contribution in [3.05, 3.63) is 212 Å². The van der Waals surface area contributed by atoms with Crippen LogP contribution < -0.4 is 4.74 Å². The molecule has 0 amide bonds. The van der Waals surface area contributed by atoms with Gasteiger partial charge < -0.3 is 4.74 Å². The second-order valence-electron chi connectivity index (χ2n) is 13.5. The Balaban J connectivity index is 1.17. The number of ether oxygens (including phenoxy) is 1. The summed E-state index contributed by atoms with van der Waals surface area (Å²) in [6, 6.07) is 68.2. The molecule has 0 aliphatic rings. The zero-order valence-electron chi connectivity index (χ0n) is 31.9. The highest BCUT2D eigenvalue weighted by atomic mass is 32.3. The maximum absolute atomic E-state index is 14.4. The number of aryl methyl sites for hydroxylation is 1. The average molecular weight is 833 g/mol. The Morgan fingerprint density at radius 1 is 0.379 bits per heavy atom. The van der Waals surface area contributed by atoms with E-state index in [9.17, 15) is 8.42 Å². The number of hydrogen-bond acceptors (Lipinski definition) is 6. The van der Waals surface area contributed by atoms with Gasteiger partial charge in [-0.15, -0.1) is 0 Å². The molecule has 0 fully saturated rings. The van der Waals surface area contributed by atoms with Crippen LogP contribution in [-0.2, 0) is 13.7 Å². The van der Waals surface area contributed by atoms with Gasteiger partial charge in [-0.3, -0.25) is 0 Å². The molecule has 58 heavy (non-hydrogen) atoms. The number of rotatable bonds is 13. The van der Waals surface area contributed by atoms with E-state index < -0.39 is 20.4 Å². The van der Waals surface area contributed by atoms with Crippen molar-refractivity contribution in [2.24, 2.45) is 0 Å². The van der Waals surface area contributed by atoms with Crippen LogP contribution in [0.25, 0.3) is 22.3 Å². The minimum atomic E-state index is -4.27. The predicted molar refractivity (Wildman–Crippen MR) is 240 cm³/mol. The van der Waals surface area contributed by atoms with Gasteiger partial charge in [-0.2, -0.15) is 8.42 Å². The quantitative estimate of drug-likeness (QED) is 0.115. The Morgan fingerprint density at radius 3 is 1.09 bits per heavy atom. The van der Waals surface area contributed by atoms with Crippen LogP contribution in [0.15, 0.2) is 245 Å². The van der Waals surface area contributed by atoms with Gasteiger partial charge in [0, 0.05) is 34.3 Å². The lowest BCUT2D eigenvalue weighted by Gasteiger charge is -2.39. The van der Waals surface area contributed by atoms with E-state index in [1.807, 2.05) is 116 Å². The molecule has 8 aromatic rings. The van der Waals surface area contributed by atoms with Crippen molar-refractivity contribution in [3.8, 4) is 28.0 Å². The van der Waals surface area contributed by atoms with Crippen molar-refractivity contribution in [1.29, 1.82) is 0 Å². The summed E-state index contributed by atoms with van der Waals surface area (Å²) in [6.45, 7) is 1.93. The maximum atomic E-state index is 14.4. The molecule has 0 spiro atoms. The molecular formula is C50H40O4S4. The van der Waals surface area contributed by atoms with Gasteiger partial charge in [-0.05, 0) is 149 Å². The maximum Gasteiger partial charge on any atom is 0.307 e. The molecule has 0 heterocycles. The number of methoxy groups -OCH3 is 1. The Labute approximate surface area is 351 Å². The monoisotopic (exact) mass is 832 g/mol. The zero-order chi connectivity index (χ0) is 40.0. The molecule has 0 saturated carbocycles. The summed E-state index contributed by atoms with van der Waals surface area (Å²) in [6.07, 6.45) is 0. The highest BCUT2D eigenvalue weighted by Gasteiger charge is 2.38. The fourth-order valence-corrected chi connectivity index (χ4v) is 13.3. The smallest absolute Gasteiger partial charge is 0.307 e. The third kappa shape index (κ3) is 8.82. The lowest BCUT2D eigenvalue weighted by atomic mass is 10.1. The lowest BCUT2D eigenvalue weighted by Crippen LogP contribution is -2.14. The molecule has 288 valence electrons. The summed E-state index contributed by atoms with van der Waals surface area (Å²) < 4.78 is 41.1. The van der Waals surface area contributed by atoms with Crippen molar-refractivity contribution in [3.63, 3.8) is 0 Å². The van der Waals surface area contributed by atoms with Gasteiger partial charge in [-0.1, -0.05) is 126 Å². The first kappa shape index (κ1) is 39.4. The Kier molecular flexibility index (Phi) is 11.9. The third-order valence-corrected chi connectivity index (χ3v) is 16.8. The van der Waals surface area contributed by atoms with Gasteiger partial charge in [-0.25, -0.2) is 3.63 Å². The molecule has 8 aromatic carbocycles. The summed E-state index contributed by atoms with van der Waals surface area (Å²) in [4.78, 5) is 6.54. The van der Waals surface area contributed by atoms with E-state index in [2.05, 4.69) is 72.8 Å². The lowest BCUT2D eigenvalue weighted by molar-refractivity contribution is 0.414. The van der Waals surface area contributed by atoms with Gasteiger partial charge in [0.2, 0.25) is 0 Å². The average Bonchev–Trinajstić information content (AvgIpc) is 3.27. The van der Waals surface area contributed by atoms with Crippen LogP contribution in [0.4, 0.5) is 0 Å². The third-order valence-electron chi connectivity index (χ3n) is 9.60. The molecule has 0 unspecified atom stereocenters. The van der Waals surface area contributed by atoms with Crippen molar-refractivity contribution >= 4 is 44.0 Å². The molecular weight excluding hydrogens is 793 g/mol. The van der Waals surface area contributed by atoms with Crippen LogP contribution >= 0.6 is 33.8 Å². The summed E-state index contributed by atoms with van der Waals surface area (Å²) in [5.41, 5.74) is 5.62. The molecule has 8 rings (SSSR count). The van der Waals surface area contributed by atoms with E-state index in [0.717, 1.165) is 51.0 Å². The number of hydrogen-bond donors (Lipinski definition) is 0. The molecule has 0 aliphatic heterocycles. The van der Waals surface area contributed by atoms with Crippen molar-refractivity contribution in [2.45, 2.75) is 46.1 Å². The largest absolute Gasteiger partial charge is 0.497 e. The molecule has 8 heteroatoms. The van der Waals surface area contributed by atoms with Crippen LogP contribution in [0, 0.1) is 6.92 Å². The summed E-state index contributed by atoms with van der Waals surface area (Å²) >= 11 is 3.30. The van der Waals surface area contributed by atoms with Crippen LogP contribution in [0.3, 0.4) is 0 Å². The van der Waals surface area contributed by atoms with Gasteiger partial charge in [0.1, 0.15) is 5.75 Å². The first-order valence-corrected chi connectivity index (χ1v) is 23.3. The predicted octanol–water partition coefficient (Wildman–Crippen LogP) is 14.2. The van der Waals surface area contributed by atoms with Crippen LogP contribution in [0.5, 0.6) is 5.75 Å². The zero-order valence-corrected chi connectivity index (χ0v) is 35.2. The first-order chi connectivity index (χ1) is 28.3. The molecule has 4 nitrogen and oxygen atoms in total. The highest BCUT2D eigenvalue weighted by molar-refractivity contribution is 8.33. The van der Waals surface area contributed by atoms with Crippen molar-refractivity contribution < 1.29 is 16.8 Å². The standard InChI is InChI=1S/C50H40O4S4/c1-37-13-29-50(30-14-37)58(51,52)54-57(47-31-19-42(53-2)20-32-47,48-33-25-45(26-34-48)55-43-21-15-40(16-22-43)38-9-5-3-6-10-38)49-35-27-46(28-36-49)56-44-23-17-41(18-24-44)39-11-7-4-8-12-39/h3-36H,1-2H3. The molecule has 0 aromatic heterocycles. The van der Waals surface area contributed by atoms with E-state index >= 15 is 0 Å². The summed E-state index contributed by atoms with van der Waals surface area (Å²) in [7, 11) is -5.54. The Morgan fingerprint density at radius 2 is 0.707 bits per heavy atom. The van der Waals surface area contributed by atoms with Crippen LogP contribution in [0.1, 0.15) is 5.56 Å². The second kappa shape index (κ2) is 17.6.